The highest BCUT2D eigenvalue weighted by Crippen LogP contribution is 2.38. The van der Waals surface area contributed by atoms with E-state index in [0.29, 0.717) is 11.8 Å². The maximum atomic E-state index is 9.71. The lowest BCUT2D eigenvalue weighted by Gasteiger charge is -2.29. The number of hydrogen-bond donors (Lipinski definition) is 2. The molecular weight excluding hydrogens is 298 g/mol. The minimum absolute atomic E-state index is 0.308. The first-order valence-corrected chi connectivity index (χ1v) is 5.68. The van der Waals surface area contributed by atoms with Gasteiger partial charge in [0.1, 0.15) is 5.75 Å². The minimum atomic E-state index is 0.308. The van der Waals surface area contributed by atoms with Gasteiger partial charge in [-0.25, -0.2) is 0 Å². The van der Waals surface area contributed by atoms with Crippen LogP contribution in [0.2, 0.25) is 0 Å². The third kappa shape index (κ3) is 1.75. The number of phenols is 1. The van der Waals surface area contributed by atoms with Crippen molar-refractivity contribution in [3.05, 3.63) is 26.6 Å². The summed E-state index contributed by atoms with van der Waals surface area (Å²) < 4.78 is 1.84. The van der Waals surface area contributed by atoms with Crippen LogP contribution in [0.1, 0.15) is 18.0 Å². The van der Waals surface area contributed by atoms with Crippen LogP contribution in [0.3, 0.4) is 0 Å². The Balaban J connectivity index is 2.43. The Labute approximate surface area is 93.6 Å². The maximum Gasteiger partial charge on any atom is 0.122 e. The molecule has 0 spiro atoms. The summed E-state index contributed by atoms with van der Waals surface area (Å²) in [6, 6.07) is 3.98. The average molecular weight is 307 g/mol. The van der Waals surface area contributed by atoms with Crippen LogP contribution >= 0.6 is 31.9 Å². The highest BCUT2D eigenvalue weighted by molar-refractivity contribution is 9.11. The lowest BCUT2D eigenvalue weighted by Crippen LogP contribution is -2.35. The molecule has 13 heavy (non-hydrogen) atoms. The van der Waals surface area contributed by atoms with Gasteiger partial charge in [-0.3, -0.25) is 0 Å². The highest BCUT2D eigenvalue weighted by Gasteiger charge is 2.23. The van der Waals surface area contributed by atoms with E-state index in [2.05, 4.69) is 37.2 Å². The van der Waals surface area contributed by atoms with Gasteiger partial charge in [0.25, 0.3) is 0 Å². The first-order chi connectivity index (χ1) is 6.18. The van der Waals surface area contributed by atoms with Crippen LogP contribution < -0.4 is 5.32 Å². The topological polar surface area (TPSA) is 32.3 Å². The molecule has 1 heterocycles. The molecule has 1 aliphatic heterocycles. The van der Waals surface area contributed by atoms with Crippen LogP contribution in [0.15, 0.2) is 21.1 Å². The van der Waals surface area contributed by atoms with E-state index in [0.717, 1.165) is 27.5 Å². The lowest BCUT2D eigenvalue weighted by molar-refractivity contribution is 0.363. The predicted molar refractivity (Wildman–Crippen MR) is 58.9 cm³/mol. The SMILES string of the molecule is Oc1cc(Br)cc(Br)c1[C@@H]1CCN1. The van der Waals surface area contributed by atoms with Crippen LogP contribution in [0.5, 0.6) is 5.75 Å². The van der Waals surface area contributed by atoms with Crippen molar-refractivity contribution in [2.75, 3.05) is 6.54 Å². The first kappa shape index (κ1) is 9.49. The zero-order chi connectivity index (χ0) is 9.42. The summed E-state index contributed by atoms with van der Waals surface area (Å²) >= 11 is 6.77. The predicted octanol–water partition coefficient (Wildman–Crippen LogP) is 2.95. The van der Waals surface area contributed by atoms with E-state index in [-0.39, 0.29) is 0 Å². The second-order valence-electron chi connectivity index (χ2n) is 3.12. The standard InChI is InChI=1S/C9H9Br2NO/c10-5-3-6(11)9(8(13)4-5)7-1-2-12-7/h3-4,7,12-13H,1-2H2/t7-/m0/s1. The average Bonchev–Trinajstić information content (AvgIpc) is 1.92. The Morgan fingerprint density at radius 3 is 2.54 bits per heavy atom. The van der Waals surface area contributed by atoms with Crippen molar-refractivity contribution < 1.29 is 5.11 Å². The normalized spacial score (nSPS) is 21.2. The number of rotatable bonds is 1. The Bertz CT molecular complexity index is 313. The molecule has 1 aromatic rings. The summed E-state index contributed by atoms with van der Waals surface area (Å²) in [6.07, 6.45) is 1.09. The molecule has 1 saturated heterocycles. The van der Waals surface area contributed by atoms with E-state index in [4.69, 9.17) is 0 Å². The molecule has 2 rings (SSSR count). The fraction of sp³-hybridized carbons (Fsp3) is 0.333. The number of phenolic OH excluding ortho intramolecular Hbond substituents is 1. The summed E-state index contributed by atoms with van der Waals surface area (Å²) in [5, 5.41) is 13.0. The van der Waals surface area contributed by atoms with Gasteiger partial charge in [-0.2, -0.15) is 0 Å². The Kier molecular flexibility index (Phi) is 2.62. The van der Waals surface area contributed by atoms with Crippen molar-refractivity contribution >= 4 is 31.9 Å². The molecule has 0 aromatic heterocycles. The second kappa shape index (κ2) is 3.59. The summed E-state index contributed by atoms with van der Waals surface area (Å²) in [6.45, 7) is 1.03. The van der Waals surface area contributed by atoms with Crippen LogP contribution in [0.4, 0.5) is 0 Å². The number of benzene rings is 1. The van der Waals surface area contributed by atoms with Crippen molar-refractivity contribution in [2.24, 2.45) is 0 Å². The molecule has 1 aromatic carbocycles. The molecular formula is C9H9Br2NO. The Morgan fingerprint density at radius 2 is 2.08 bits per heavy atom. The van der Waals surface area contributed by atoms with Crippen LogP contribution in [-0.4, -0.2) is 11.7 Å². The molecule has 0 bridgehead atoms. The van der Waals surface area contributed by atoms with Crippen molar-refractivity contribution in [3.8, 4) is 5.75 Å². The quantitative estimate of drug-likeness (QED) is 0.836. The van der Waals surface area contributed by atoms with Crippen molar-refractivity contribution in [1.29, 1.82) is 0 Å². The Morgan fingerprint density at radius 1 is 1.38 bits per heavy atom. The molecule has 4 heteroatoms. The molecule has 0 aliphatic carbocycles. The molecule has 1 fully saturated rings. The third-order valence-corrected chi connectivity index (χ3v) is 3.36. The van der Waals surface area contributed by atoms with Crippen molar-refractivity contribution in [3.63, 3.8) is 0 Å². The monoisotopic (exact) mass is 305 g/mol. The summed E-state index contributed by atoms with van der Waals surface area (Å²) in [7, 11) is 0. The molecule has 0 amide bonds. The van der Waals surface area contributed by atoms with Crippen molar-refractivity contribution in [1.82, 2.24) is 5.32 Å². The van der Waals surface area contributed by atoms with Crippen LogP contribution in [0.25, 0.3) is 0 Å². The zero-order valence-electron chi connectivity index (χ0n) is 6.85. The van der Waals surface area contributed by atoms with Gasteiger partial charge in [-0.1, -0.05) is 31.9 Å². The van der Waals surface area contributed by atoms with Gasteiger partial charge < -0.3 is 10.4 Å². The van der Waals surface area contributed by atoms with Gasteiger partial charge in [0, 0.05) is 20.6 Å². The molecule has 2 nitrogen and oxygen atoms in total. The van der Waals surface area contributed by atoms with Crippen LogP contribution in [0, 0.1) is 0 Å². The van der Waals surface area contributed by atoms with E-state index in [1.54, 1.807) is 6.07 Å². The minimum Gasteiger partial charge on any atom is -0.508 e. The smallest absolute Gasteiger partial charge is 0.122 e. The van der Waals surface area contributed by atoms with E-state index >= 15 is 0 Å². The zero-order valence-corrected chi connectivity index (χ0v) is 10.0. The fourth-order valence-electron chi connectivity index (χ4n) is 1.45. The van der Waals surface area contributed by atoms with E-state index in [9.17, 15) is 5.11 Å². The molecule has 0 saturated carbocycles. The van der Waals surface area contributed by atoms with Gasteiger partial charge in [-0.05, 0) is 25.1 Å². The van der Waals surface area contributed by atoms with Gasteiger partial charge in [0.2, 0.25) is 0 Å². The highest BCUT2D eigenvalue weighted by atomic mass is 79.9. The third-order valence-electron chi connectivity index (χ3n) is 2.24. The molecule has 1 atom stereocenters. The molecule has 70 valence electrons. The number of nitrogens with one attached hydrogen (secondary N) is 1. The fourth-order valence-corrected chi connectivity index (χ4v) is 2.93. The van der Waals surface area contributed by atoms with E-state index in [1.807, 2.05) is 6.07 Å². The molecule has 0 unspecified atom stereocenters. The summed E-state index contributed by atoms with van der Waals surface area (Å²) in [4.78, 5) is 0. The van der Waals surface area contributed by atoms with Gasteiger partial charge in [-0.15, -0.1) is 0 Å². The summed E-state index contributed by atoms with van der Waals surface area (Å²) in [5.41, 5.74) is 0.967. The number of aromatic hydroxyl groups is 1. The lowest BCUT2D eigenvalue weighted by atomic mass is 9.97. The van der Waals surface area contributed by atoms with Gasteiger partial charge >= 0.3 is 0 Å². The Hall–Kier alpha value is -0.0600. The van der Waals surface area contributed by atoms with Crippen molar-refractivity contribution in [2.45, 2.75) is 12.5 Å². The van der Waals surface area contributed by atoms with E-state index in [1.165, 1.54) is 0 Å². The summed E-state index contributed by atoms with van der Waals surface area (Å²) in [5.74, 6) is 0.346. The second-order valence-corrected chi connectivity index (χ2v) is 4.89. The largest absolute Gasteiger partial charge is 0.508 e. The first-order valence-electron chi connectivity index (χ1n) is 4.10. The van der Waals surface area contributed by atoms with Gasteiger partial charge in [0.05, 0.1) is 0 Å². The molecule has 1 aliphatic rings. The molecule has 2 N–H and O–H groups in total. The number of halogens is 2. The molecule has 0 radical (unpaired) electrons. The van der Waals surface area contributed by atoms with E-state index < -0.39 is 0 Å². The maximum absolute atomic E-state index is 9.71. The van der Waals surface area contributed by atoms with Gasteiger partial charge in [0.15, 0.2) is 0 Å². The van der Waals surface area contributed by atoms with Crippen LogP contribution in [-0.2, 0) is 0 Å². The number of hydrogen-bond acceptors (Lipinski definition) is 2.